The smallest absolute Gasteiger partial charge is 0.0228 e. The van der Waals surface area contributed by atoms with Crippen molar-refractivity contribution in [3.63, 3.8) is 0 Å². The first-order chi connectivity index (χ1) is 7.24. The van der Waals surface area contributed by atoms with Crippen molar-refractivity contribution in [2.45, 2.75) is 46.0 Å². The molecular formula is C15H22. The summed E-state index contributed by atoms with van der Waals surface area (Å²) in [6.07, 6.45) is 6.41. The Kier molecular flexibility index (Phi) is 5.17. The molecule has 0 nitrogen and oxygen atoms in total. The molecule has 0 bridgehead atoms. The van der Waals surface area contributed by atoms with Crippen LogP contribution in [-0.2, 0) is 0 Å². The third kappa shape index (κ3) is 4.33. The number of aryl methyl sites for hydroxylation is 1. The van der Waals surface area contributed by atoms with E-state index in [2.05, 4.69) is 44.7 Å². The fourth-order valence-electron chi connectivity index (χ4n) is 1.77. The number of hydrogen-bond acceptors (Lipinski definition) is 0. The SMILES string of the molecule is C=C(CCCCCC)c1cccc(C)c1. The van der Waals surface area contributed by atoms with Gasteiger partial charge < -0.3 is 0 Å². The predicted molar refractivity (Wildman–Crippen MR) is 69.0 cm³/mol. The first kappa shape index (κ1) is 12.0. The molecule has 1 aromatic carbocycles. The molecule has 0 fully saturated rings. The maximum absolute atomic E-state index is 4.16. The fraction of sp³-hybridized carbons (Fsp3) is 0.467. The lowest BCUT2D eigenvalue weighted by Gasteiger charge is -2.06. The molecule has 0 aliphatic heterocycles. The molecule has 0 atom stereocenters. The molecule has 15 heavy (non-hydrogen) atoms. The zero-order valence-electron chi connectivity index (χ0n) is 10.1. The van der Waals surface area contributed by atoms with E-state index in [1.807, 2.05) is 0 Å². The average molecular weight is 202 g/mol. The van der Waals surface area contributed by atoms with E-state index in [0.29, 0.717) is 0 Å². The molecule has 0 radical (unpaired) electrons. The van der Waals surface area contributed by atoms with Crippen LogP contribution in [0.5, 0.6) is 0 Å². The van der Waals surface area contributed by atoms with Crippen LogP contribution in [0.3, 0.4) is 0 Å². The molecule has 82 valence electrons. The zero-order valence-corrected chi connectivity index (χ0v) is 10.1. The van der Waals surface area contributed by atoms with Gasteiger partial charge in [0.1, 0.15) is 0 Å². The molecule has 0 heterocycles. The van der Waals surface area contributed by atoms with Crippen molar-refractivity contribution in [2.24, 2.45) is 0 Å². The minimum absolute atomic E-state index is 1.14. The third-order valence-corrected chi connectivity index (χ3v) is 2.76. The van der Waals surface area contributed by atoms with Crippen molar-refractivity contribution in [3.05, 3.63) is 42.0 Å². The van der Waals surface area contributed by atoms with Gasteiger partial charge >= 0.3 is 0 Å². The van der Waals surface area contributed by atoms with Gasteiger partial charge in [-0.2, -0.15) is 0 Å². The van der Waals surface area contributed by atoms with Gasteiger partial charge in [0.2, 0.25) is 0 Å². The third-order valence-electron chi connectivity index (χ3n) is 2.76. The highest BCUT2D eigenvalue weighted by Crippen LogP contribution is 2.20. The van der Waals surface area contributed by atoms with Gasteiger partial charge in [0.05, 0.1) is 0 Å². The summed E-state index contributed by atoms with van der Waals surface area (Å²) >= 11 is 0. The van der Waals surface area contributed by atoms with E-state index in [-0.39, 0.29) is 0 Å². The summed E-state index contributed by atoms with van der Waals surface area (Å²) in [5.74, 6) is 0. The molecule has 1 aromatic rings. The molecule has 0 amide bonds. The minimum Gasteiger partial charge on any atom is -0.0952 e. The van der Waals surface area contributed by atoms with E-state index in [9.17, 15) is 0 Å². The van der Waals surface area contributed by atoms with Crippen LogP contribution < -0.4 is 0 Å². The maximum atomic E-state index is 4.16. The summed E-state index contributed by atoms with van der Waals surface area (Å²) in [7, 11) is 0. The van der Waals surface area contributed by atoms with Crippen molar-refractivity contribution in [1.29, 1.82) is 0 Å². The summed E-state index contributed by atoms with van der Waals surface area (Å²) in [6, 6.07) is 8.63. The van der Waals surface area contributed by atoms with Crippen LogP contribution in [0.25, 0.3) is 5.57 Å². The van der Waals surface area contributed by atoms with Crippen LogP contribution in [0.2, 0.25) is 0 Å². The molecule has 0 unspecified atom stereocenters. The lowest BCUT2D eigenvalue weighted by molar-refractivity contribution is 0.679. The maximum Gasteiger partial charge on any atom is -0.0228 e. The monoisotopic (exact) mass is 202 g/mol. The molecule has 0 saturated heterocycles. The predicted octanol–water partition coefficient (Wildman–Crippen LogP) is 4.98. The Labute approximate surface area is 94.0 Å². The van der Waals surface area contributed by atoms with E-state index < -0.39 is 0 Å². The number of hydrogen-bond donors (Lipinski definition) is 0. The highest BCUT2D eigenvalue weighted by Gasteiger charge is 1.98. The number of allylic oxidation sites excluding steroid dienone is 1. The molecule has 1 rings (SSSR count). The molecule has 0 aliphatic rings. The second kappa shape index (κ2) is 6.44. The summed E-state index contributed by atoms with van der Waals surface area (Å²) < 4.78 is 0. The summed E-state index contributed by atoms with van der Waals surface area (Å²) in [5, 5.41) is 0. The standard InChI is InChI=1S/C15H22/c1-4-5-6-7-10-14(3)15-11-8-9-13(2)12-15/h8-9,11-12H,3-7,10H2,1-2H3. The molecule has 0 heteroatoms. The topological polar surface area (TPSA) is 0 Å². The fourth-order valence-corrected chi connectivity index (χ4v) is 1.77. The Morgan fingerprint density at radius 2 is 2.00 bits per heavy atom. The van der Waals surface area contributed by atoms with Crippen molar-refractivity contribution in [3.8, 4) is 0 Å². The number of benzene rings is 1. The van der Waals surface area contributed by atoms with Gasteiger partial charge in [0.15, 0.2) is 0 Å². The molecule has 0 spiro atoms. The van der Waals surface area contributed by atoms with E-state index in [4.69, 9.17) is 0 Å². The Hall–Kier alpha value is -1.04. The Morgan fingerprint density at radius 3 is 2.67 bits per heavy atom. The van der Waals surface area contributed by atoms with Crippen LogP contribution in [-0.4, -0.2) is 0 Å². The molecule has 0 N–H and O–H groups in total. The number of unbranched alkanes of at least 4 members (excludes halogenated alkanes) is 3. The summed E-state index contributed by atoms with van der Waals surface area (Å²) in [4.78, 5) is 0. The number of rotatable bonds is 6. The van der Waals surface area contributed by atoms with Crippen molar-refractivity contribution in [2.75, 3.05) is 0 Å². The first-order valence-electron chi connectivity index (χ1n) is 5.99. The lowest BCUT2D eigenvalue weighted by Crippen LogP contribution is -1.85. The van der Waals surface area contributed by atoms with Gasteiger partial charge in [-0.25, -0.2) is 0 Å². The van der Waals surface area contributed by atoms with Crippen LogP contribution in [0.1, 0.15) is 50.2 Å². The molecule has 0 aliphatic carbocycles. The van der Waals surface area contributed by atoms with Gasteiger partial charge in [-0.15, -0.1) is 0 Å². The van der Waals surface area contributed by atoms with Gasteiger partial charge in [0, 0.05) is 0 Å². The van der Waals surface area contributed by atoms with E-state index >= 15 is 0 Å². The zero-order chi connectivity index (χ0) is 11.1. The minimum atomic E-state index is 1.14. The Balaban J connectivity index is 2.40. The van der Waals surface area contributed by atoms with E-state index in [1.165, 1.54) is 42.4 Å². The van der Waals surface area contributed by atoms with Crippen molar-refractivity contribution in [1.82, 2.24) is 0 Å². The molecular weight excluding hydrogens is 180 g/mol. The van der Waals surface area contributed by atoms with Crippen LogP contribution in [0, 0.1) is 6.92 Å². The largest absolute Gasteiger partial charge is 0.0952 e. The lowest BCUT2D eigenvalue weighted by atomic mass is 9.99. The first-order valence-corrected chi connectivity index (χ1v) is 5.99. The van der Waals surface area contributed by atoms with Crippen molar-refractivity contribution < 1.29 is 0 Å². The highest BCUT2D eigenvalue weighted by atomic mass is 14.0. The second-order valence-corrected chi connectivity index (χ2v) is 4.28. The van der Waals surface area contributed by atoms with Gasteiger partial charge in [-0.05, 0) is 30.9 Å². The van der Waals surface area contributed by atoms with Gasteiger partial charge in [0.25, 0.3) is 0 Å². The van der Waals surface area contributed by atoms with Crippen LogP contribution >= 0.6 is 0 Å². The normalized spacial score (nSPS) is 10.3. The quantitative estimate of drug-likeness (QED) is 0.571. The molecule has 0 saturated carbocycles. The summed E-state index contributed by atoms with van der Waals surface area (Å²) in [5.41, 5.74) is 3.92. The van der Waals surface area contributed by atoms with E-state index in [0.717, 1.165) is 6.42 Å². The Morgan fingerprint density at radius 1 is 1.20 bits per heavy atom. The van der Waals surface area contributed by atoms with Gasteiger partial charge in [-0.1, -0.05) is 62.6 Å². The Bertz CT molecular complexity index is 310. The van der Waals surface area contributed by atoms with Crippen LogP contribution in [0.4, 0.5) is 0 Å². The second-order valence-electron chi connectivity index (χ2n) is 4.28. The summed E-state index contributed by atoms with van der Waals surface area (Å²) in [6.45, 7) is 8.54. The molecule has 0 aromatic heterocycles. The van der Waals surface area contributed by atoms with E-state index in [1.54, 1.807) is 0 Å². The van der Waals surface area contributed by atoms with Crippen LogP contribution in [0.15, 0.2) is 30.8 Å². The average Bonchev–Trinajstić information content (AvgIpc) is 2.24. The van der Waals surface area contributed by atoms with Crippen molar-refractivity contribution >= 4 is 5.57 Å². The van der Waals surface area contributed by atoms with Gasteiger partial charge in [-0.3, -0.25) is 0 Å². The highest BCUT2D eigenvalue weighted by molar-refractivity contribution is 5.63.